The van der Waals surface area contributed by atoms with Gasteiger partial charge in [-0.15, -0.1) is 12.4 Å². The van der Waals surface area contributed by atoms with E-state index in [4.69, 9.17) is 9.72 Å². The van der Waals surface area contributed by atoms with Gasteiger partial charge in [0.05, 0.1) is 29.9 Å². The summed E-state index contributed by atoms with van der Waals surface area (Å²) in [5, 5.41) is 0.798. The van der Waals surface area contributed by atoms with Crippen molar-refractivity contribution in [1.82, 2.24) is 9.88 Å². The normalized spacial score (nSPS) is 14.4. The van der Waals surface area contributed by atoms with E-state index in [9.17, 15) is 4.79 Å². The Labute approximate surface area is 194 Å². The van der Waals surface area contributed by atoms with Gasteiger partial charge < -0.3 is 4.74 Å². The molecule has 166 valence electrons. The van der Waals surface area contributed by atoms with Crippen LogP contribution in [0.5, 0.6) is 0 Å². The quantitative estimate of drug-likeness (QED) is 0.516. The smallest absolute Gasteiger partial charge is 0.233 e. The SMILES string of the molecule is Cc1ccc(CC(=O)N(CCCN2CCOCC2)c2nc3ccccc3s2)cc1C.Cl. The number of carbonyl (C=O) groups excluding carboxylic acids is 1. The summed E-state index contributed by atoms with van der Waals surface area (Å²) in [6.45, 7) is 9.38. The topological polar surface area (TPSA) is 45.7 Å². The summed E-state index contributed by atoms with van der Waals surface area (Å²) in [7, 11) is 0. The number of hydrogen-bond acceptors (Lipinski definition) is 5. The lowest BCUT2D eigenvalue weighted by molar-refractivity contribution is -0.118. The number of amides is 1. The summed E-state index contributed by atoms with van der Waals surface area (Å²) >= 11 is 1.60. The third-order valence-corrected chi connectivity index (χ3v) is 6.76. The molecule has 2 aromatic carbocycles. The minimum Gasteiger partial charge on any atom is -0.379 e. The van der Waals surface area contributed by atoms with Crippen LogP contribution in [-0.2, 0) is 16.0 Å². The molecule has 0 atom stereocenters. The zero-order valence-electron chi connectivity index (χ0n) is 18.2. The number of hydrogen-bond donors (Lipinski definition) is 0. The molecule has 1 aromatic heterocycles. The number of rotatable bonds is 7. The van der Waals surface area contributed by atoms with Crippen molar-refractivity contribution in [3.63, 3.8) is 0 Å². The second kappa shape index (κ2) is 11.0. The van der Waals surface area contributed by atoms with Gasteiger partial charge in [0.1, 0.15) is 0 Å². The molecule has 1 fully saturated rings. The van der Waals surface area contributed by atoms with E-state index in [-0.39, 0.29) is 18.3 Å². The van der Waals surface area contributed by atoms with E-state index in [2.05, 4.69) is 43.0 Å². The van der Waals surface area contributed by atoms with E-state index in [1.54, 1.807) is 11.3 Å². The Hall–Kier alpha value is -1.99. The van der Waals surface area contributed by atoms with Crippen molar-refractivity contribution in [2.75, 3.05) is 44.3 Å². The van der Waals surface area contributed by atoms with Gasteiger partial charge in [-0.25, -0.2) is 4.98 Å². The Morgan fingerprint density at radius 3 is 2.65 bits per heavy atom. The average Bonchev–Trinajstić information content (AvgIpc) is 3.18. The zero-order valence-corrected chi connectivity index (χ0v) is 19.8. The van der Waals surface area contributed by atoms with Gasteiger partial charge in [0.25, 0.3) is 0 Å². The molecule has 0 spiro atoms. The van der Waals surface area contributed by atoms with Gasteiger partial charge in [-0.2, -0.15) is 0 Å². The Morgan fingerprint density at radius 2 is 1.90 bits per heavy atom. The summed E-state index contributed by atoms with van der Waals surface area (Å²) in [6.07, 6.45) is 1.32. The molecule has 0 radical (unpaired) electrons. The van der Waals surface area contributed by atoms with Gasteiger partial charge in [-0.05, 0) is 49.1 Å². The van der Waals surface area contributed by atoms with Crippen molar-refractivity contribution in [3.8, 4) is 0 Å². The van der Waals surface area contributed by atoms with Crippen molar-refractivity contribution < 1.29 is 9.53 Å². The van der Waals surface area contributed by atoms with Crippen LogP contribution in [0.2, 0.25) is 0 Å². The van der Waals surface area contributed by atoms with E-state index in [0.29, 0.717) is 13.0 Å². The van der Waals surface area contributed by atoms with Crippen molar-refractivity contribution in [2.24, 2.45) is 0 Å². The molecule has 1 saturated heterocycles. The summed E-state index contributed by atoms with van der Waals surface area (Å²) in [4.78, 5) is 22.4. The summed E-state index contributed by atoms with van der Waals surface area (Å²) in [5.41, 5.74) is 4.48. The van der Waals surface area contributed by atoms with Crippen LogP contribution in [-0.4, -0.2) is 55.2 Å². The minimum absolute atomic E-state index is 0. The lowest BCUT2D eigenvalue weighted by Crippen LogP contribution is -2.39. The van der Waals surface area contributed by atoms with Crippen molar-refractivity contribution in [1.29, 1.82) is 0 Å². The Morgan fingerprint density at radius 1 is 1.13 bits per heavy atom. The monoisotopic (exact) mass is 459 g/mol. The van der Waals surface area contributed by atoms with E-state index >= 15 is 0 Å². The number of halogens is 1. The number of aromatic nitrogens is 1. The van der Waals surface area contributed by atoms with E-state index < -0.39 is 0 Å². The summed E-state index contributed by atoms with van der Waals surface area (Å²) < 4.78 is 6.55. The molecule has 1 aliphatic heterocycles. The van der Waals surface area contributed by atoms with E-state index in [1.165, 1.54) is 11.1 Å². The number of carbonyl (C=O) groups is 1. The van der Waals surface area contributed by atoms with Crippen LogP contribution in [0, 0.1) is 13.8 Å². The standard InChI is InChI=1S/C24H29N3O2S.ClH/c1-18-8-9-20(16-19(18)2)17-23(28)27(11-5-10-26-12-14-29-15-13-26)24-25-21-6-3-4-7-22(21)30-24;/h3-4,6-9,16H,5,10-15,17H2,1-2H3;1H. The number of ether oxygens (including phenoxy) is 1. The van der Waals surface area contributed by atoms with Crippen molar-refractivity contribution in [3.05, 3.63) is 59.2 Å². The second-order valence-corrected chi connectivity index (χ2v) is 8.92. The molecule has 1 amide bonds. The minimum atomic E-state index is 0. The number of fused-ring (bicyclic) bond motifs is 1. The van der Waals surface area contributed by atoms with Crippen LogP contribution < -0.4 is 4.90 Å². The molecule has 0 saturated carbocycles. The molecule has 0 unspecified atom stereocenters. The van der Waals surface area contributed by atoms with Gasteiger partial charge in [0.2, 0.25) is 5.91 Å². The molecule has 31 heavy (non-hydrogen) atoms. The highest BCUT2D eigenvalue weighted by molar-refractivity contribution is 7.22. The molecule has 5 nitrogen and oxygen atoms in total. The van der Waals surface area contributed by atoms with Crippen LogP contribution in [0.1, 0.15) is 23.1 Å². The fourth-order valence-electron chi connectivity index (χ4n) is 3.76. The molecule has 0 aliphatic carbocycles. The first-order valence-corrected chi connectivity index (χ1v) is 11.4. The molecule has 0 N–H and O–H groups in total. The van der Waals surface area contributed by atoms with Crippen LogP contribution in [0.4, 0.5) is 5.13 Å². The first-order valence-electron chi connectivity index (χ1n) is 10.6. The molecule has 7 heteroatoms. The Bertz CT molecular complexity index is 984. The number of para-hydroxylation sites is 1. The Kier molecular flexibility index (Phi) is 8.43. The first-order chi connectivity index (χ1) is 14.6. The van der Waals surface area contributed by atoms with Crippen LogP contribution in [0.3, 0.4) is 0 Å². The second-order valence-electron chi connectivity index (χ2n) is 7.91. The highest BCUT2D eigenvalue weighted by Gasteiger charge is 2.21. The summed E-state index contributed by atoms with van der Waals surface area (Å²) in [6, 6.07) is 14.4. The lowest BCUT2D eigenvalue weighted by atomic mass is 10.0. The molecule has 4 rings (SSSR count). The molecule has 1 aliphatic rings. The first kappa shape index (κ1) is 23.7. The highest BCUT2D eigenvalue weighted by Crippen LogP contribution is 2.29. The third-order valence-electron chi connectivity index (χ3n) is 5.70. The molecular weight excluding hydrogens is 430 g/mol. The Balaban J connectivity index is 0.00000272. The zero-order chi connectivity index (χ0) is 20.9. The fourth-order valence-corrected chi connectivity index (χ4v) is 4.77. The van der Waals surface area contributed by atoms with E-state index in [1.807, 2.05) is 23.1 Å². The number of anilines is 1. The molecule has 0 bridgehead atoms. The average molecular weight is 460 g/mol. The number of thiazole rings is 1. The van der Waals surface area contributed by atoms with Gasteiger partial charge >= 0.3 is 0 Å². The lowest BCUT2D eigenvalue weighted by Gasteiger charge is -2.27. The number of aryl methyl sites for hydroxylation is 2. The highest BCUT2D eigenvalue weighted by atomic mass is 35.5. The van der Waals surface area contributed by atoms with Gasteiger partial charge in [-0.3, -0.25) is 14.6 Å². The van der Waals surface area contributed by atoms with Crippen LogP contribution in [0.15, 0.2) is 42.5 Å². The number of morpholine rings is 1. The third kappa shape index (κ3) is 6.04. The molecule has 3 aromatic rings. The van der Waals surface area contributed by atoms with Gasteiger partial charge in [-0.1, -0.05) is 41.7 Å². The maximum atomic E-state index is 13.3. The maximum absolute atomic E-state index is 13.3. The molecular formula is C24H30ClN3O2S. The fraction of sp³-hybridized carbons (Fsp3) is 0.417. The van der Waals surface area contributed by atoms with Gasteiger partial charge in [0.15, 0.2) is 5.13 Å². The van der Waals surface area contributed by atoms with Crippen molar-refractivity contribution >= 4 is 45.0 Å². The van der Waals surface area contributed by atoms with Crippen LogP contribution >= 0.6 is 23.7 Å². The van der Waals surface area contributed by atoms with Crippen LogP contribution in [0.25, 0.3) is 10.2 Å². The number of nitrogens with zero attached hydrogens (tertiary/aromatic N) is 3. The maximum Gasteiger partial charge on any atom is 0.233 e. The molecule has 2 heterocycles. The number of benzene rings is 2. The predicted octanol–water partition coefficient (Wildman–Crippen LogP) is 4.63. The van der Waals surface area contributed by atoms with E-state index in [0.717, 1.165) is 60.2 Å². The largest absolute Gasteiger partial charge is 0.379 e. The van der Waals surface area contributed by atoms with Crippen molar-refractivity contribution in [2.45, 2.75) is 26.7 Å². The predicted molar refractivity (Wildman–Crippen MR) is 131 cm³/mol. The summed E-state index contributed by atoms with van der Waals surface area (Å²) in [5.74, 6) is 0.110. The van der Waals surface area contributed by atoms with Gasteiger partial charge in [0, 0.05) is 26.2 Å².